The number of aliphatic hydroxyl groups is 1. The largest absolute Gasteiger partial charge is 0.478 e. The van der Waals surface area contributed by atoms with Gasteiger partial charge >= 0.3 is 5.97 Å². The molecule has 0 radical (unpaired) electrons. The maximum atomic E-state index is 10.2. The van der Waals surface area contributed by atoms with Gasteiger partial charge in [0, 0.05) is 12.7 Å². The van der Waals surface area contributed by atoms with E-state index in [-0.39, 0.29) is 0 Å². The molecule has 100 valence electrons. The number of aliphatic hydroxyl groups excluding tert-OH is 1. The Morgan fingerprint density at radius 1 is 0.824 bits per heavy atom. The lowest BCUT2D eigenvalue weighted by Crippen LogP contribution is -1.86. The van der Waals surface area contributed by atoms with E-state index in [0.717, 1.165) is 25.7 Å². The molecule has 0 aliphatic heterocycles. The molecule has 0 unspecified atom stereocenters. The Bertz CT molecular complexity index is 200. The molecule has 0 fully saturated rings. The lowest BCUT2D eigenvalue weighted by Gasteiger charge is -2.00. The second kappa shape index (κ2) is 13.2. The maximum Gasteiger partial charge on any atom is 0.327 e. The molecule has 0 spiro atoms. The number of rotatable bonds is 12. The summed E-state index contributed by atoms with van der Waals surface area (Å²) in [6.07, 6.45) is 14.5. The summed E-state index contributed by atoms with van der Waals surface area (Å²) in [5, 5.41) is 17.0. The number of aliphatic carboxylic acids is 1. The van der Waals surface area contributed by atoms with Crippen LogP contribution in [0.2, 0.25) is 0 Å². The quantitative estimate of drug-likeness (QED) is 0.406. The van der Waals surface area contributed by atoms with Crippen LogP contribution in [0.4, 0.5) is 0 Å². The topological polar surface area (TPSA) is 57.5 Å². The summed E-state index contributed by atoms with van der Waals surface area (Å²) in [5.41, 5.74) is 0. The molecule has 0 aromatic rings. The van der Waals surface area contributed by atoms with Crippen molar-refractivity contribution in [1.82, 2.24) is 0 Å². The van der Waals surface area contributed by atoms with E-state index in [2.05, 4.69) is 0 Å². The molecule has 3 nitrogen and oxygen atoms in total. The normalized spacial score (nSPS) is 11.1. The van der Waals surface area contributed by atoms with Gasteiger partial charge in [-0.25, -0.2) is 4.79 Å². The molecule has 17 heavy (non-hydrogen) atoms. The SMILES string of the molecule is O=C(O)/C=C/CCCCCCCCCCCO. The Morgan fingerprint density at radius 2 is 1.29 bits per heavy atom. The van der Waals surface area contributed by atoms with Crippen LogP contribution in [0.3, 0.4) is 0 Å². The second-order valence-corrected chi connectivity index (χ2v) is 4.43. The lowest BCUT2D eigenvalue weighted by atomic mass is 10.1. The molecule has 0 aliphatic carbocycles. The fourth-order valence-corrected chi connectivity index (χ4v) is 1.80. The highest BCUT2D eigenvalue weighted by atomic mass is 16.4. The minimum atomic E-state index is -0.854. The predicted molar refractivity (Wildman–Crippen MR) is 70.0 cm³/mol. The number of hydrogen-bond acceptors (Lipinski definition) is 2. The highest BCUT2D eigenvalue weighted by Crippen LogP contribution is 2.10. The van der Waals surface area contributed by atoms with E-state index < -0.39 is 5.97 Å². The number of carbonyl (C=O) groups is 1. The van der Waals surface area contributed by atoms with Gasteiger partial charge in [0.25, 0.3) is 0 Å². The van der Waals surface area contributed by atoms with Crippen LogP contribution in [0.1, 0.15) is 64.2 Å². The highest BCUT2D eigenvalue weighted by molar-refractivity contribution is 5.79. The molecule has 0 aromatic carbocycles. The average Bonchev–Trinajstić information content (AvgIpc) is 2.30. The van der Waals surface area contributed by atoms with Gasteiger partial charge in [-0.05, 0) is 19.3 Å². The molecule has 3 heteroatoms. The molecule has 0 rings (SSSR count). The van der Waals surface area contributed by atoms with E-state index in [1.54, 1.807) is 6.08 Å². The van der Waals surface area contributed by atoms with Crippen molar-refractivity contribution in [2.24, 2.45) is 0 Å². The van der Waals surface area contributed by atoms with Crippen molar-refractivity contribution < 1.29 is 15.0 Å². The van der Waals surface area contributed by atoms with E-state index >= 15 is 0 Å². The minimum Gasteiger partial charge on any atom is -0.478 e. The molecule has 0 aromatic heterocycles. The van der Waals surface area contributed by atoms with E-state index in [1.807, 2.05) is 0 Å². The monoisotopic (exact) mass is 242 g/mol. The first kappa shape index (κ1) is 16.2. The Hall–Kier alpha value is -0.830. The Balaban J connectivity index is 3.01. The van der Waals surface area contributed by atoms with Gasteiger partial charge in [-0.2, -0.15) is 0 Å². The Labute approximate surface area is 105 Å². The molecule has 0 atom stereocenters. The summed E-state index contributed by atoms with van der Waals surface area (Å²) in [6.45, 7) is 0.323. The molecule has 0 saturated heterocycles. The van der Waals surface area contributed by atoms with Crippen molar-refractivity contribution in [3.8, 4) is 0 Å². The van der Waals surface area contributed by atoms with Crippen molar-refractivity contribution in [3.63, 3.8) is 0 Å². The summed E-state index contributed by atoms with van der Waals surface area (Å²) in [5.74, 6) is -0.854. The number of allylic oxidation sites excluding steroid dienone is 1. The molecular weight excluding hydrogens is 216 g/mol. The fraction of sp³-hybridized carbons (Fsp3) is 0.786. The molecule has 0 bridgehead atoms. The van der Waals surface area contributed by atoms with Crippen LogP contribution < -0.4 is 0 Å². The first-order chi connectivity index (χ1) is 8.27. The van der Waals surface area contributed by atoms with Gasteiger partial charge < -0.3 is 10.2 Å². The van der Waals surface area contributed by atoms with Crippen LogP contribution in [0, 0.1) is 0 Å². The van der Waals surface area contributed by atoms with Crippen molar-refractivity contribution in [2.45, 2.75) is 64.2 Å². The average molecular weight is 242 g/mol. The molecule has 0 heterocycles. The van der Waals surface area contributed by atoms with Crippen molar-refractivity contribution in [2.75, 3.05) is 6.61 Å². The van der Waals surface area contributed by atoms with Crippen LogP contribution in [0.25, 0.3) is 0 Å². The number of carboxylic acid groups (broad SMARTS) is 1. The first-order valence-corrected chi connectivity index (χ1v) is 6.77. The lowest BCUT2D eigenvalue weighted by molar-refractivity contribution is -0.131. The third kappa shape index (κ3) is 15.2. The summed E-state index contributed by atoms with van der Waals surface area (Å²) < 4.78 is 0. The third-order valence-electron chi connectivity index (χ3n) is 2.79. The molecule has 0 amide bonds. The predicted octanol–water partition coefficient (Wildman–Crippen LogP) is 3.52. The zero-order valence-corrected chi connectivity index (χ0v) is 10.7. The number of carboxylic acids is 1. The summed E-state index contributed by atoms with van der Waals surface area (Å²) in [4.78, 5) is 10.2. The molecular formula is C14H26O3. The van der Waals surface area contributed by atoms with Crippen LogP contribution in [-0.4, -0.2) is 22.8 Å². The summed E-state index contributed by atoms with van der Waals surface area (Å²) in [7, 11) is 0. The van der Waals surface area contributed by atoms with E-state index in [4.69, 9.17) is 10.2 Å². The fourth-order valence-electron chi connectivity index (χ4n) is 1.80. The van der Waals surface area contributed by atoms with Gasteiger partial charge in [0.2, 0.25) is 0 Å². The van der Waals surface area contributed by atoms with Crippen molar-refractivity contribution in [3.05, 3.63) is 12.2 Å². The zero-order chi connectivity index (χ0) is 12.8. The number of unbranched alkanes of at least 4 members (excludes halogenated alkanes) is 9. The van der Waals surface area contributed by atoms with E-state index in [0.29, 0.717) is 6.61 Å². The minimum absolute atomic E-state index is 0.323. The molecule has 0 saturated carbocycles. The highest BCUT2D eigenvalue weighted by Gasteiger charge is 1.92. The van der Waals surface area contributed by atoms with Crippen molar-refractivity contribution >= 4 is 5.97 Å². The van der Waals surface area contributed by atoms with Crippen LogP contribution in [0.5, 0.6) is 0 Å². The standard InChI is InChI=1S/C14H26O3/c15-13-11-9-7-5-3-1-2-4-6-8-10-12-14(16)17/h10,12,15H,1-9,11,13H2,(H,16,17)/b12-10+. The third-order valence-corrected chi connectivity index (χ3v) is 2.79. The van der Waals surface area contributed by atoms with E-state index in [1.165, 1.54) is 44.6 Å². The van der Waals surface area contributed by atoms with Crippen LogP contribution >= 0.6 is 0 Å². The smallest absolute Gasteiger partial charge is 0.327 e. The van der Waals surface area contributed by atoms with Gasteiger partial charge in [-0.3, -0.25) is 0 Å². The second-order valence-electron chi connectivity index (χ2n) is 4.43. The van der Waals surface area contributed by atoms with Crippen LogP contribution in [-0.2, 0) is 4.79 Å². The Kier molecular flexibility index (Phi) is 12.6. The maximum absolute atomic E-state index is 10.2. The van der Waals surface area contributed by atoms with Gasteiger partial charge in [-0.1, -0.05) is 51.0 Å². The molecule has 0 aliphatic rings. The van der Waals surface area contributed by atoms with Gasteiger partial charge in [0.05, 0.1) is 0 Å². The van der Waals surface area contributed by atoms with Gasteiger partial charge in [-0.15, -0.1) is 0 Å². The molecule has 2 N–H and O–H groups in total. The summed E-state index contributed by atoms with van der Waals surface area (Å²) in [6, 6.07) is 0. The Morgan fingerprint density at radius 3 is 1.76 bits per heavy atom. The summed E-state index contributed by atoms with van der Waals surface area (Å²) >= 11 is 0. The van der Waals surface area contributed by atoms with Gasteiger partial charge in [0.1, 0.15) is 0 Å². The van der Waals surface area contributed by atoms with Crippen molar-refractivity contribution in [1.29, 1.82) is 0 Å². The zero-order valence-electron chi connectivity index (χ0n) is 10.7. The van der Waals surface area contributed by atoms with E-state index in [9.17, 15) is 4.79 Å². The first-order valence-electron chi connectivity index (χ1n) is 6.77. The number of hydrogen-bond donors (Lipinski definition) is 2. The van der Waals surface area contributed by atoms with Gasteiger partial charge in [0.15, 0.2) is 0 Å². The van der Waals surface area contributed by atoms with Crippen LogP contribution in [0.15, 0.2) is 12.2 Å².